The van der Waals surface area contributed by atoms with Gasteiger partial charge >= 0.3 is 0 Å². The second kappa shape index (κ2) is 56.9. The molecule has 0 aromatic carbocycles. The number of aryl methyl sites for hydroxylation is 6. The first kappa shape index (κ1) is 80.6. The van der Waals surface area contributed by atoms with Crippen molar-refractivity contribution in [3.05, 3.63) is 143 Å². The summed E-state index contributed by atoms with van der Waals surface area (Å²) in [6, 6.07) is 26.5. The Morgan fingerprint density at radius 3 is 0.429 bits per heavy atom. The van der Waals surface area contributed by atoms with Crippen LogP contribution in [0.25, 0.3) is 34.2 Å². The van der Waals surface area contributed by atoms with Crippen LogP contribution < -0.4 is 0 Å². The van der Waals surface area contributed by atoms with Crippen LogP contribution in [0.3, 0.4) is 0 Å². The minimum atomic E-state index is 0. The number of rotatable bonds is 51. The molecule has 0 bridgehead atoms. The predicted octanol–water partition coefficient (Wildman–Crippen LogP) is 26.2. The van der Waals surface area contributed by atoms with Crippen LogP contribution in [0.1, 0.15) is 345 Å². The van der Waals surface area contributed by atoms with Crippen LogP contribution >= 0.6 is 0 Å². The fraction of sp³-hybridized carbons (Fsp3) is 0.643. The molecule has 507 valence electrons. The zero-order chi connectivity index (χ0) is 63.8. The molecular weight excluding hydrogens is 1150 g/mol. The number of hydrogen-bond donors (Lipinski definition) is 0. The van der Waals surface area contributed by atoms with E-state index < -0.39 is 0 Å². The standard InChI is InChI=1S/3C28H44N2.Co/c3*1-3-5-7-9-11-13-15-17-25-19-21-29-27(23-25)28-24-26(20-22-30-28)18-16-14-12-10-8-6-4-2;/h3*19-24H,3-18H2,1-2H3;. The third-order valence-electron chi connectivity index (χ3n) is 18.1. The van der Waals surface area contributed by atoms with E-state index in [-0.39, 0.29) is 16.8 Å². The van der Waals surface area contributed by atoms with Crippen molar-refractivity contribution in [3.63, 3.8) is 0 Å². The largest absolute Gasteiger partial charge is 0.255 e. The van der Waals surface area contributed by atoms with Crippen molar-refractivity contribution in [2.45, 2.75) is 350 Å². The molecule has 6 aromatic heterocycles. The fourth-order valence-electron chi connectivity index (χ4n) is 12.3. The van der Waals surface area contributed by atoms with E-state index in [1.807, 2.05) is 37.2 Å². The van der Waals surface area contributed by atoms with Crippen LogP contribution in [0.5, 0.6) is 0 Å². The summed E-state index contributed by atoms with van der Waals surface area (Å²) in [5, 5.41) is 0. The molecule has 0 N–H and O–H groups in total. The molecule has 0 aliphatic rings. The smallest absolute Gasteiger partial charge is 0.0888 e. The Balaban J connectivity index is 0.000000354. The first-order valence-electron chi connectivity index (χ1n) is 38.2. The number of pyridine rings is 6. The first-order valence-corrected chi connectivity index (χ1v) is 38.2. The van der Waals surface area contributed by atoms with Crippen LogP contribution in [-0.2, 0) is 55.3 Å². The van der Waals surface area contributed by atoms with Gasteiger partial charge in [-0.25, -0.2) is 0 Å². The van der Waals surface area contributed by atoms with Gasteiger partial charge in [0.05, 0.1) is 34.2 Å². The van der Waals surface area contributed by atoms with Crippen molar-refractivity contribution in [1.29, 1.82) is 0 Å². The van der Waals surface area contributed by atoms with E-state index in [2.05, 4.69) is 144 Å². The number of hydrogen-bond acceptors (Lipinski definition) is 6. The van der Waals surface area contributed by atoms with E-state index in [0.717, 1.165) is 72.7 Å². The molecule has 1 radical (unpaired) electrons. The van der Waals surface area contributed by atoms with Crippen LogP contribution in [0, 0.1) is 0 Å². The summed E-state index contributed by atoms with van der Waals surface area (Å²) in [6.45, 7) is 13.7. The second-order valence-corrected chi connectivity index (χ2v) is 26.5. The molecule has 0 aliphatic carbocycles. The van der Waals surface area contributed by atoms with E-state index in [9.17, 15) is 0 Å². The molecular formula is C84H132CoN6. The van der Waals surface area contributed by atoms with Crippen molar-refractivity contribution in [3.8, 4) is 34.2 Å². The van der Waals surface area contributed by atoms with Gasteiger partial charge in [0.2, 0.25) is 0 Å². The van der Waals surface area contributed by atoms with E-state index in [1.54, 1.807) is 0 Å². The van der Waals surface area contributed by atoms with E-state index in [0.29, 0.717) is 0 Å². The maximum absolute atomic E-state index is 4.60. The SMILES string of the molecule is CCCCCCCCCc1ccnc(-c2cc(CCCCCCCCC)ccn2)c1.CCCCCCCCCc1ccnc(-c2cc(CCCCCCCCC)ccn2)c1.CCCCCCCCCc1ccnc(-c2cc(CCCCCCCCC)ccn2)c1.[Co]. The fourth-order valence-corrected chi connectivity index (χ4v) is 12.3. The number of nitrogens with zero attached hydrogens (tertiary/aromatic N) is 6. The molecule has 0 saturated heterocycles. The maximum Gasteiger partial charge on any atom is 0.0888 e. The van der Waals surface area contributed by atoms with Gasteiger partial charge in [-0.2, -0.15) is 0 Å². The molecule has 0 amide bonds. The summed E-state index contributed by atoms with van der Waals surface area (Å²) in [4.78, 5) is 27.6. The normalized spacial score (nSPS) is 11.0. The third kappa shape index (κ3) is 40.3. The van der Waals surface area contributed by atoms with Gasteiger partial charge in [0.1, 0.15) is 0 Å². The Hall–Kier alpha value is -4.59. The quantitative estimate of drug-likeness (QED) is 0.0354. The number of aromatic nitrogens is 6. The molecule has 0 atom stereocenters. The zero-order valence-electron chi connectivity index (χ0n) is 59.4. The monoisotopic (exact) mass is 1280 g/mol. The first-order chi connectivity index (χ1) is 44.5. The Labute approximate surface area is 570 Å². The minimum absolute atomic E-state index is 0. The van der Waals surface area contributed by atoms with Gasteiger partial charge in [-0.05, 0) is 183 Å². The third-order valence-corrected chi connectivity index (χ3v) is 18.1. The van der Waals surface area contributed by atoms with Gasteiger partial charge in [0.25, 0.3) is 0 Å². The average molecular weight is 1280 g/mol. The Morgan fingerprint density at radius 2 is 0.297 bits per heavy atom. The van der Waals surface area contributed by atoms with Crippen molar-refractivity contribution in [2.24, 2.45) is 0 Å². The molecule has 6 rings (SSSR count). The molecule has 0 unspecified atom stereocenters. The van der Waals surface area contributed by atoms with Crippen molar-refractivity contribution >= 4 is 0 Å². The summed E-state index contributed by atoms with van der Waals surface area (Å²) < 4.78 is 0. The van der Waals surface area contributed by atoms with Crippen LogP contribution in [0.4, 0.5) is 0 Å². The van der Waals surface area contributed by atoms with E-state index in [4.69, 9.17) is 0 Å². The van der Waals surface area contributed by atoms with Gasteiger partial charge in [-0.15, -0.1) is 0 Å². The molecule has 0 spiro atoms. The van der Waals surface area contributed by atoms with Crippen LogP contribution in [0.2, 0.25) is 0 Å². The van der Waals surface area contributed by atoms with Crippen molar-refractivity contribution in [2.75, 3.05) is 0 Å². The van der Waals surface area contributed by atoms with Gasteiger partial charge in [-0.1, -0.05) is 273 Å². The summed E-state index contributed by atoms with van der Waals surface area (Å²) in [5.74, 6) is 0. The molecule has 0 fully saturated rings. The van der Waals surface area contributed by atoms with Gasteiger partial charge < -0.3 is 0 Å². The molecule has 6 nitrogen and oxygen atoms in total. The minimum Gasteiger partial charge on any atom is -0.255 e. The molecule has 0 aliphatic heterocycles. The van der Waals surface area contributed by atoms with Crippen molar-refractivity contribution in [1.82, 2.24) is 29.9 Å². The summed E-state index contributed by atoms with van der Waals surface area (Å²) in [5.41, 5.74) is 14.5. The van der Waals surface area contributed by atoms with Gasteiger partial charge in [0.15, 0.2) is 0 Å². The van der Waals surface area contributed by atoms with Crippen LogP contribution in [-0.4, -0.2) is 29.9 Å². The Morgan fingerprint density at radius 1 is 0.176 bits per heavy atom. The second-order valence-electron chi connectivity index (χ2n) is 26.5. The summed E-state index contributed by atoms with van der Waals surface area (Å²) >= 11 is 0. The zero-order valence-corrected chi connectivity index (χ0v) is 60.4. The van der Waals surface area contributed by atoms with E-state index >= 15 is 0 Å². The molecule has 0 saturated carbocycles. The van der Waals surface area contributed by atoms with Gasteiger partial charge in [-0.3, -0.25) is 29.9 Å². The van der Waals surface area contributed by atoms with E-state index in [1.165, 1.54) is 303 Å². The Kier molecular flexibility index (Phi) is 50.4. The topological polar surface area (TPSA) is 77.3 Å². The predicted molar refractivity (Wildman–Crippen MR) is 393 cm³/mol. The molecule has 91 heavy (non-hydrogen) atoms. The Bertz CT molecular complexity index is 2150. The average Bonchev–Trinajstić information content (AvgIpc) is 2.20. The van der Waals surface area contributed by atoms with Crippen LogP contribution in [0.15, 0.2) is 110 Å². The summed E-state index contributed by atoms with van der Waals surface area (Å²) in [7, 11) is 0. The molecule has 6 heterocycles. The number of unbranched alkanes of at least 4 members (excludes halogenated alkanes) is 36. The van der Waals surface area contributed by atoms with Gasteiger partial charge in [0, 0.05) is 54.0 Å². The molecule has 7 heteroatoms. The molecule has 6 aromatic rings. The summed E-state index contributed by atoms with van der Waals surface area (Å²) in [6.07, 6.45) is 75.7. The maximum atomic E-state index is 4.60. The van der Waals surface area contributed by atoms with Crippen molar-refractivity contribution < 1.29 is 16.8 Å².